The van der Waals surface area contributed by atoms with E-state index < -0.39 is 11.8 Å². The number of hydrazine groups is 1. The second-order valence-electron chi connectivity index (χ2n) is 7.30. The Morgan fingerprint density at radius 1 is 1.03 bits per heavy atom. The first-order chi connectivity index (χ1) is 16.9. The first-order valence-corrected chi connectivity index (χ1v) is 11.9. The van der Waals surface area contributed by atoms with Crippen LogP contribution in [-0.4, -0.2) is 31.4 Å². The highest BCUT2D eigenvalue weighted by Gasteiger charge is 2.34. The van der Waals surface area contributed by atoms with Crippen molar-refractivity contribution in [2.24, 2.45) is 0 Å². The number of hydrogen-bond donors (Lipinski definition) is 2. The molecule has 10 heteroatoms. The van der Waals surface area contributed by atoms with E-state index in [9.17, 15) is 14.4 Å². The number of ether oxygens (including phenoxy) is 2. The lowest BCUT2D eigenvalue weighted by molar-refractivity contribution is -0.118. The number of benzene rings is 3. The van der Waals surface area contributed by atoms with E-state index >= 15 is 0 Å². The van der Waals surface area contributed by atoms with E-state index in [4.69, 9.17) is 9.47 Å². The van der Waals surface area contributed by atoms with E-state index in [1.807, 2.05) is 24.3 Å². The number of anilines is 2. The summed E-state index contributed by atoms with van der Waals surface area (Å²) >= 11 is 6.94. The molecule has 0 aliphatic carbocycles. The lowest BCUT2D eigenvalue weighted by Crippen LogP contribution is -2.35. The van der Waals surface area contributed by atoms with Gasteiger partial charge in [-0.15, -0.1) is 0 Å². The molecule has 0 atom stereocenters. The van der Waals surface area contributed by atoms with Gasteiger partial charge >= 0.3 is 0 Å². The van der Waals surface area contributed by atoms with E-state index in [1.54, 1.807) is 42.5 Å². The van der Waals surface area contributed by atoms with Gasteiger partial charge in [0.15, 0.2) is 18.1 Å². The molecule has 0 radical (unpaired) electrons. The number of nitrogens with one attached hydrogen (secondary N) is 2. The molecule has 3 amide bonds. The Bertz CT molecular complexity index is 1310. The molecule has 0 saturated carbocycles. The average molecular weight is 601 g/mol. The molecule has 1 heterocycles. The van der Waals surface area contributed by atoms with Crippen LogP contribution in [0.2, 0.25) is 0 Å². The van der Waals surface area contributed by atoms with E-state index in [0.29, 0.717) is 31.6 Å². The van der Waals surface area contributed by atoms with Gasteiger partial charge in [-0.1, -0.05) is 36.4 Å². The van der Waals surface area contributed by atoms with Crippen molar-refractivity contribution in [1.29, 1.82) is 0 Å². The lowest BCUT2D eigenvalue weighted by atomic mass is 10.1. The summed E-state index contributed by atoms with van der Waals surface area (Å²) in [5, 5.41) is 3.93. The fraction of sp³-hybridized carbons (Fsp3) is 0.0800. The second-order valence-corrected chi connectivity index (χ2v) is 8.89. The predicted molar refractivity (Wildman–Crippen MR) is 139 cm³/mol. The number of amides is 3. The first kappa shape index (κ1) is 24.5. The van der Waals surface area contributed by atoms with Gasteiger partial charge < -0.3 is 14.8 Å². The molecule has 35 heavy (non-hydrogen) atoms. The molecule has 3 aromatic carbocycles. The fourth-order valence-electron chi connectivity index (χ4n) is 3.32. The zero-order valence-corrected chi connectivity index (χ0v) is 21.6. The van der Waals surface area contributed by atoms with Crippen molar-refractivity contribution in [2.45, 2.75) is 0 Å². The molecular weight excluding hydrogens is 582 g/mol. The fourth-order valence-corrected chi connectivity index (χ4v) is 4.27. The lowest BCUT2D eigenvalue weighted by Gasteiger charge is -2.15. The summed E-state index contributed by atoms with van der Waals surface area (Å²) in [4.78, 5) is 37.8. The molecule has 3 aromatic rings. The van der Waals surface area contributed by atoms with Gasteiger partial charge in [0.2, 0.25) is 0 Å². The van der Waals surface area contributed by atoms with Crippen LogP contribution in [0.15, 0.2) is 81.2 Å². The van der Waals surface area contributed by atoms with Crippen LogP contribution in [0.25, 0.3) is 6.08 Å². The molecule has 178 valence electrons. The van der Waals surface area contributed by atoms with Crippen molar-refractivity contribution in [3.05, 3.63) is 86.8 Å². The van der Waals surface area contributed by atoms with Gasteiger partial charge in [0.05, 0.1) is 17.3 Å². The van der Waals surface area contributed by atoms with Gasteiger partial charge in [-0.25, -0.2) is 5.01 Å². The summed E-state index contributed by atoms with van der Waals surface area (Å²) < 4.78 is 12.2. The van der Waals surface area contributed by atoms with Gasteiger partial charge in [0, 0.05) is 10.2 Å². The van der Waals surface area contributed by atoms with E-state index in [-0.39, 0.29) is 23.8 Å². The molecule has 0 bridgehead atoms. The van der Waals surface area contributed by atoms with Crippen LogP contribution in [-0.2, 0) is 14.4 Å². The molecule has 1 saturated heterocycles. The number of halogens is 2. The summed E-state index contributed by atoms with van der Waals surface area (Å²) in [7, 11) is 1.45. The number of methoxy groups -OCH3 is 1. The molecule has 1 fully saturated rings. The molecule has 0 unspecified atom stereocenters. The molecule has 4 rings (SSSR count). The standard InChI is InChI=1S/C25H19Br2N3O5/c1-34-19-13-15(12-18-24(32)29-30(25(18)33)17-10-6-3-7-11-17)21(26)22(27)23(19)35-14-20(31)28-16-8-4-2-5-9-16/h2-13H,14H2,1H3,(H,28,31)(H,29,32)/b18-12-. The molecule has 1 aliphatic rings. The molecule has 0 spiro atoms. The largest absolute Gasteiger partial charge is 0.493 e. The number of nitrogens with zero attached hydrogens (tertiary/aromatic N) is 1. The number of carbonyl (C=O) groups excluding carboxylic acids is 3. The van der Waals surface area contributed by atoms with Crippen LogP contribution in [0, 0.1) is 0 Å². The van der Waals surface area contributed by atoms with Gasteiger partial charge in [0.25, 0.3) is 17.7 Å². The van der Waals surface area contributed by atoms with Crippen LogP contribution in [0.3, 0.4) is 0 Å². The SMILES string of the molecule is COc1cc(/C=C2/C(=O)NN(c3ccccc3)C2=O)c(Br)c(Br)c1OCC(=O)Nc1ccccc1. The van der Waals surface area contributed by atoms with Gasteiger partial charge in [-0.3, -0.25) is 19.8 Å². The Morgan fingerprint density at radius 2 is 1.69 bits per heavy atom. The summed E-state index contributed by atoms with van der Waals surface area (Å²) in [6.07, 6.45) is 1.46. The zero-order valence-electron chi connectivity index (χ0n) is 18.4. The number of rotatable bonds is 7. The van der Waals surface area contributed by atoms with Crippen LogP contribution in [0.5, 0.6) is 11.5 Å². The highest BCUT2D eigenvalue weighted by molar-refractivity contribution is 9.13. The Kier molecular flexibility index (Phi) is 7.52. The van der Waals surface area contributed by atoms with Crippen molar-refractivity contribution < 1.29 is 23.9 Å². The Hall–Kier alpha value is -3.63. The second kappa shape index (κ2) is 10.7. The molecule has 0 aromatic heterocycles. The number of para-hydroxylation sites is 2. The van der Waals surface area contributed by atoms with E-state index in [2.05, 4.69) is 42.6 Å². The maximum Gasteiger partial charge on any atom is 0.282 e. The van der Waals surface area contributed by atoms with Crippen molar-refractivity contribution in [3.63, 3.8) is 0 Å². The monoisotopic (exact) mass is 599 g/mol. The van der Waals surface area contributed by atoms with Gasteiger partial charge in [-0.2, -0.15) is 0 Å². The molecule has 1 aliphatic heterocycles. The topological polar surface area (TPSA) is 97.0 Å². The summed E-state index contributed by atoms with van der Waals surface area (Å²) in [5.41, 5.74) is 4.23. The van der Waals surface area contributed by atoms with Gasteiger partial charge in [-0.05, 0) is 73.8 Å². The Morgan fingerprint density at radius 3 is 2.34 bits per heavy atom. The quantitative estimate of drug-likeness (QED) is 0.303. The Balaban J connectivity index is 1.56. The number of carbonyl (C=O) groups is 3. The van der Waals surface area contributed by atoms with Crippen molar-refractivity contribution in [3.8, 4) is 11.5 Å². The van der Waals surface area contributed by atoms with Crippen LogP contribution in [0.1, 0.15) is 5.56 Å². The third-order valence-corrected chi connectivity index (χ3v) is 7.13. The third kappa shape index (κ3) is 5.39. The van der Waals surface area contributed by atoms with Crippen molar-refractivity contribution >= 4 is 67.0 Å². The minimum absolute atomic E-state index is 0.0422. The smallest absolute Gasteiger partial charge is 0.282 e. The minimum Gasteiger partial charge on any atom is -0.493 e. The zero-order chi connectivity index (χ0) is 24.9. The maximum atomic E-state index is 12.9. The molecular formula is C25H19Br2N3O5. The first-order valence-electron chi connectivity index (χ1n) is 10.3. The molecule has 2 N–H and O–H groups in total. The minimum atomic E-state index is -0.529. The van der Waals surface area contributed by atoms with E-state index in [0.717, 1.165) is 0 Å². The van der Waals surface area contributed by atoms with Crippen LogP contribution in [0.4, 0.5) is 11.4 Å². The predicted octanol–water partition coefficient (Wildman–Crippen LogP) is 4.70. The summed E-state index contributed by atoms with van der Waals surface area (Å²) in [6, 6.07) is 19.4. The highest BCUT2D eigenvalue weighted by Crippen LogP contribution is 2.43. The van der Waals surface area contributed by atoms with Crippen molar-refractivity contribution in [2.75, 3.05) is 24.0 Å². The summed E-state index contributed by atoms with van der Waals surface area (Å²) in [6.45, 7) is -0.260. The number of hydrogen-bond acceptors (Lipinski definition) is 5. The van der Waals surface area contributed by atoms with E-state index in [1.165, 1.54) is 18.2 Å². The van der Waals surface area contributed by atoms with Crippen LogP contribution >= 0.6 is 31.9 Å². The normalized spacial score (nSPS) is 14.1. The van der Waals surface area contributed by atoms with Crippen LogP contribution < -0.4 is 25.2 Å². The average Bonchev–Trinajstić information content (AvgIpc) is 3.15. The highest BCUT2D eigenvalue weighted by atomic mass is 79.9. The third-order valence-electron chi connectivity index (χ3n) is 4.99. The summed E-state index contributed by atoms with van der Waals surface area (Å²) in [5.74, 6) is -0.760. The maximum absolute atomic E-state index is 12.9. The van der Waals surface area contributed by atoms with Gasteiger partial charge in [0.1, 0.15) is 5.57 Å². The molecule has 8 nitrogen and oxygen atoms in total. The Labute approximate surface area is 218 Å². The van der Waals surface area contributed by atoms with Crippen molar-refractivity contribution in [1.82, 2.24) is 5.43 Å².